The lowest BCUT2D eigenvalue weighted by atomic mass is 10.1. The predicted molar refractivity (Wildman–Crippen MR) is 88.0 cm³/mol. The van der Waals surface area contributed by atoms with E-state index in [1.807, 2.05) is 18.2 Å². The average Bonchev–Trinajstić information content (AvgIpc) is 2.55. The van der Waals surface area contributed by atoms with Crippen molar-refractivity contribution in [3.8, 4) is 0 Å². The van der Waals surface area contributed by atoms with Crippen molar-refractivity contribution >= 4 is 23.2 Å². The molecule has 0 aromatic heterocycles. The highest BCUT2D eigenvalue weighted by molar-refractivity contribution is 5.99. The average molecular weight is 347 g/mol. The predicted octanol–water partition coefficient (Wildman–Crippen LogP) is 3.36. The highest BCUT2D eigenvalue weighted by Crippen LogP contribution is 2.29. The van der Waals surface area contributed by atoms with Crippen LogP contribution >= 0.6 is 0 Å². The van der Waals surface area contributed by atoms with Crippen LogP contribution in [0.2, 0.25) is 0 Å². The molecule has 2 N–H and O–H groups in total. The van der Waals surface area contributed by atoms with Gasteiger partial charge < -0.3 is 14.8 Å². The molecule has 1 heterocycles. The van der Waals surface area contributed by atoms with Gasteiger partial charge in [-0.15, -0.1) is 0 Å². The van der Waals surface area contributed by atoms with Crippen molar-refractivity contribution in [3.05, 3.63) is 59.7 Å². The summed E-state index contributed by atoms with van der Waals surface area (Å²) < 4.78 is 33.3. The van der Waals surface area contributed by atoms with Crippen molar-refractivity contribution in [3.63, 3.8) is 0 Å². The number of amides is 1. The first-order valence-corrected chi connectivity index (χ1v) is 7.48. The summed E-state index contributed by atoms with van der Waals surface area (Å²) in [5, 5.41) is 13.9. The summed E-state index contributed by atoms with van der Waals surface area (Å²) >= 11 is 0. The third-order valence-corrected chi connectivity index (χ3v) is 3.68. The summed E-state index contributed by atoms with van der Waals surface area (Å²) in [6.07, 6.45) is -0.811. The number of hydrogen-bond donors (Lipinski definition) is 2. The van der Waals surface area contributed by atoms with Gasteiger partial charge in [-0.3, -0.25) is 5.32 Å². The summed E-state index contributed by atoms with van der Waals surface area (Å²) in [7, 11) is 0. The topological polar surface area (TPSA) is 74.2 Å². The van der Waals surface area contributed by atoms with Gasteiger partial charge in [-0.2, -0.15) is 0 Å². The van der Waals surface area contributed by atoms with Crippen LogP contribution in [0.15, 0.2) is 47.6 Å². The number of rotatable bonds is 4. The summed E-state index contributed by atoms with van der Waals surface area (Å²) in [6.45, 7) is 0.346. The van der Waals surface area contributed by atoms with Gasteiger partial charge in [-0.05, 0) is 17.7 Å². The molecule has 130 valence electrons. The Hall–Kier alpha value is -3.16. The van der Waals surface area contributed by atoms with E-state index in [-0.39, 0.29) is 31.1 Å². The van der Waals surface area contributed by atoms with Crippen molar-refractivity contribution in [2.45, 2.75) is 6.61 Å². The third-order valence-electron chi connectivity index (χ3n) is 3.68. The molecule has 1 amide bonds. The number of carbonyl (C=O) groups excluding carboxylic acids is 1. The number of hydrogen-bond acceptors (Lipinski definition) is 5. The second-order valence-electron chi connectivity index (χ2n) is 5.50. The Labute approximate surface area is 142 Å². The minimum Gasteiger partial charge on any atom is -0.444 e. The van der Waals surface area contributed by atoms with Crippen LogP contribution in [0.4, 0.5) is 25.0 Å². The van der Waals surface area contributed by atoms with E-state index in [4.69, 9.17) is 9.94 Å². The van der Waals surface area contributed by atoms with Crippen LogP contribution in [-0.4, -0.2) is 30.1 Å². The number of carbonyl (C=O) groups is 1. The molecule has 8 heteroatoms. The molecule has 0 unspecified atom stereocenters. The summed E-state index contributed by atoms with van der Waals surface area (Å²) in [5.41, 5.74) is 0.957. The molecular weight excluding hydrogens is 332 g/mol. The van der Waals surface area contributed by atoms with Gasteiger partial charge in [0.1, 0.15) is 12.3 Å². The zero-order chi connectivity index (χ0) is 17.8. The van der Waals surface area contributed by atoms with E-state index < -0.39 is 17.7 Å². The van der Waals surface area contributed by atoms with Gasteiger partial charge in [-0.1, -0.05) is 35.5 Å². The maximum atomic E-state index is 14.1. The van der Waals surface area contributed by atoms with Crippen molar-refractivity contribution in [2.75, 3.05) is 23.3 Å². The normalized spacial score (nSPS) is 13.2. The Morgan fingerprint density at radius 2 is 1.84 bits per heavy atom. The van der Waals surface area contributed by atoms with Gasteiger partial charge in [0.05, 0.1) is 18.8 Å². The van der Waals surface area contributed by atoms with E-state index in [0.717, 1.165) is 17.7 Å². The van der Waals surface area contributed by atoms with E-state index in [1.54, 1.807) is 12.1 Å². The monoisotopic (exact) mass is 347 g/mol. The van der Waals surface area contributed by atoms with Gasteiger partial charge in [0.25, 0.3) is 0 Å². The number of oxime groups is 1. The fraction of sp³-hybridized carbons (Fsp3) is 0.176. The van der Waals surface area contributed by atoms with Crippen LogP contribution < -0.4 is 10.2 Å². The molecule has 0 aliphatic carbocycles. The molecule has 2 aromatic carbocycles. The van der Waals surface area contributed by atoms with Crippen LogP contribution in [0.5, 0.6) is 0 Å². The molecule has 1 aliphatic heterocycles. The summed E-state index contributed by atoms with van der Waals surface area (Å²) in [5.74, 6) is -1.65. The third kappa shape index (κ3) is 3.85. The fourth-order valence-electron chi connectivity index (χ4n) is 2.43. The largest absolute Gasteiger partial charge is 0.444 e. The molecule has 0 spiro atoms. The van der Waals surface area contributed by atoms with Crippen molar-refractivity contribution in [1.82, 2.24) is 0 Å². The Kier molecular flexibility index (Phi) is 4.78. The summed E-state index contributed by atoms with van der Waals surface area (Å²) in [6, 6.07) is 11.1. The number of anilines is 2. The first-order valence-electron chi connectivity index (χ1n) is 7.48. The number of benzene rings is 2. The highest BCUT2D eigenvalue weighted by Gasteiger charge is 2.28. The molecule has 0 saturated carbocycles. The van der Waals surface area contributed by atoms with Gasteiger partial charge in [0.15, 0.2) is 11.6 Å². The molecule has 0 bridgehead atoms. The second-order valence-corrected chi connectivity index (χ2v) is 5.50. The van der Waals surface area contributed by atoms with Crippen molar-refractivity contribution in [1.29, 1.82) is 0 Å². The SMILES string of the molecule is O=C(Nc1cc(F)c(N2CC(=NO)C2)c(F)c1)OCc1ccccc1. The maximum absolute atomic E-state index is 14.1. The minimum atomic E-state index is -0.824. The van der Waals surface area contributed by atoms with Crippen LogP contribution in [0, 0.1) is 11.6 Å². The van der Waals surface area contributed by atoms with Gasteiger partial charge in [0, 0.05) is 5.69 Å². The number of nitrogens with one attached hydrogen (secondary N) is 1. The Bertz CT molecular complexity index is 781. The lowest BCUT2D eigenvalue weighted by Crippen LogP contribution is -2.48. The van der Waals surface area contributed by atoms with Crippen molar-refractivity contribution < 1.29 is 23.5 Å². The van der Waals surface area contributed by atoms with E-state index in [1.165, 1.54) is 4.90 Å². The van der Waals surface area contributed by atoms with E-state index in [9.17, 15) is 13.6 Å². The molecule has 1 aliphatic rings. The standard InChI is InChI=1S/C17H15F2N3O3/c18-14-6-12(7-15(19)16(14)22-8-13(9-22)21-24)20-17(23)25-10-11-4-2-1-3-5-11/h1-7,24H,8-10H2,(H,20,23). The van der Waals surface area contributed by atoms with Crippen LogP contribution in [0.1, 0.15) is 5.56 Å². The fourth-order valence-corrected chi connectivity index (χ4v) is 2.43. The lowest BCUT2D eigenvalue weighted by molar-refractivity contribution is 0.155. The highest BCUT2D eigenvalue weighted by atomic mass is 19.1. The molecular formula is C17H15F2N3O3. The lowest BCUT2D eigenvalue weighted by Gasteiger charge is -2.34. The van der Waals surface area contributed by atoms with Gasteiger partial charge in [0.2, 0.25) is 0 Å². The van der Waals surface area contributed by atoms with E-state index >= 15 is 0 Å². The van der Waals surface area contributed by atoms with Gasteiger partial charge >= 0.3 is 6.09 Å². The van der Waals surface area contributed by atoms with E-state index in [0.29, 0.717) is 5.71 Å². The van der Waals surface area contributed by atoms with Crippen LogP contribution in [0.25, 0.3) is 0 Å². The summed E-state index contributed by atoms with van der Waals surface area (Å²) in [4.78, 5) is 13.1. The van der Waals surface area contributed by atoms with Crippen molar-refractivity contribution in [2.24, 2.45) is 5.16 Å². The van der Waals surface area contributed by atoms with Crippen LogP contribution in [-0.2, 0) is 11.3 Å². The molecule has 25 heavy (non-hydrogen) atoms. The zero-order valence-corrected chi connectivity index (χ0v) is 13.1. The molecule has 1 fully saturated rings. The smallest absolute Gasteiger partial charge is 0.411 e. The Balaban J connectivity index is 1.62. The quantitative estimate of drug-likeness (QED) is 0.657. The van der Waals surface area contributed by atoms with E-state index in [2.05, 4.69) is 10.5 Å². The van der Waals surface area contributed by atoms with Crippen LogP contribution in [0.3, 0.4) is 0 Å². The molecule has 2 aromatic rings. The van der Waals surface area contributed by atoms with Gasteiger partial charge in [-0.25, -0.2) is 13.6 Å². The molecule has 0 radical (unpaired) electrons. The Morgan fingerprint density at radius 1 is 1.20 bits per heavy atom. The Morgan fingerprint density at radius 3 is 2.44 bits per heavy atom. The first-order chi connectivity index (χ1) is 12.1. The molecule has 0 atom stereocenters. The molecule has 3 rings (SSSR count). The second kappa shape index (κ2) is 7.16. The number of ether oxygens (including phenoxy) is 1. The maximum Gasteiger partial charge on any atom is 0.411 e. The minimum absolute atomic E-state index is 0.0478. The molecule has 1 saturated heterocycles. The zero-order valence-electron chi connectivity index (χ0n) is 13.1. The number of halogens is 2. The number of nitrogens with zero attached hydrogens (tertiary/aromatic N) is 2. The first kappa shape index (κ1) is 16.7. The molecule has 6 nitrogen and oxygen atoms in total.